The minimum absolute atomic E-state index is 0.0168. The first-order valence-electron chi connectivity index (χ1n) is 10.1. The second-order valence-corrected chi connectivity index (χ2v) is 7.96. The van der Waals surface area contributed by atoms with Gasteiger partial charge in [0.05, 0.1) is 11.5 Å². The standard InChI is InChI=1S/C21H23ClN8O2/c1-14-4-2-3-5-16(14)24-21-26-19(25-20(23)27-21)13-28-8-10-29(11-9-28)17-7-6-15(22)12-18(17)30(31)32/h2-7,12H,8-11,13H2,1H3,(H3,23,24,25,26,27). The Labute approximate surface area is 190 Å². The number of nitrogens with one attached hydrogen (secondary N) is 1. The minimum Gasteiger partial charge on any atom is -0.368 e. The third-order valence-electron chi connectivity index (χ3n) is 5.30. The fourth-order valence-electron chi connectivity index (χ4n) is 3.66. The first kappa shape index (κ1) is 21.7. The van der Waals surface area contributed by atoms with Crippen molar-refractivity contribution < 1.29 is 4.92 Å². The number of nitro groups is 1. The van der Waals surface area contributed by atoms with Crippen LogP contribution in [0.3, 0.4) is 0 Å². The molecule has 2 heterocycles. The smallest absolute Gasteiger partial charge is 0.294 e. The van der Waals surface area contributed by atoms with Gasteiger partial charge in [-0.15, -0.1) is 0 Å². The molecule has 11 heteroatoms. The number of aryl methyl sites for hydroxylation is 1. The van der Waals surface area contributed by atoms with Gasteiger partial charge in [0.15, 0.2) is 0 Å². The molecule has 0 spiro atoms. The van der Waals surface area contributed by atoms with E-state index < -0.39 is 4.92 Å². The van der Waals surface area contributed by atoms with E-state index in [1.54, 1.807) is 12.1 Å². The van der Waals surface area contributed by atoms with Crippen molar-refractivity contribution in [3.63, 3.8) is 0 Å². The highest BCUT2D eigenvalue weighted by Gasteiger charge is 2.24. The zero-order valence-electron chi connectivity index (χ0n) is 17.5. The first-order chi connectivity index (χ1) is 15.4. The van der Waals surface area contributed by atoms with Gasteiger partial charge < -0.3 is 16.0 Å². The second-order valence-electron chi connectivity index (χ2n) is 7.53. The monoisotopic (exact) mass is 454 g/mol. The Morgan fingerprint density at radius 1 is 1.12 bits per heavy atom. The number of nitro benzene ring substituents is 1. The lowest BCUT2D eigenvalue weighted by atomic mass is 10.2. The zero-order valence-corrected chi connectivity index (χ0v) is 18.3. The summed E-state index contributed by atoms with van der Waals surface area (Å²) in [7, 11) is 0. The van der Waals surface area contributed by atoms with Crippen molar-refractivity contribution in [1.29, 1.82) is 0 Å². The molecule has 0 atom stereocenters. The highest BCUT2D eigenvalue weighted by Crippen LogP contribution is 2.31. The molecule has 0 bridgehead atoms. The summed E-state index contributed by atoms with van der Waals surface area (Å²) in [6.45, 7) is 5.18. The Morgan fingerprint density at radius 2 is 1.88 bits per heavy atom. The van der Waals surface area contributed by atoms with Crippen LogP contribution in [0.15, 0.2) is 42.5 Å². The van der Waals surface area contributed by atoms with E-state index in [2.05, 4.69) is 25.2 Å². The van der Waals surface area contributed by atoms with Crippen molar-refractivity contribution >= 4 is 40.6 Å². The molecule has 0 aliphatic carbocycles. The molecule has 0 saturated carbocycles. The normalized spacial score (nSPS) is 14.4. The quantitative estimate of drug-likeness (QED) is 0.425. The van der Waals surface area contributed by atoms with Crippen molar-refractivity contribution in [1.82, 2.24) is 19.9 Å². The Kier molecular flexibility index (Phi) is 6.33. The van der Waals surface area contributed by atoms with E-state index in [0.29, 0.717) is 55.2 Å². The molecular formula is C21H23ClN8O2. The second kappa shape index (κ2) is 9.33. The van der Waals surface area contributed by atoms with E-state index in [1.165, 1.54) is 6.07 Å². The van der Waals surface area contributed by atoms with E-state index in [-0.39, 0.29) is 11.6 Å². The van der Waals surface area contributed by atoms with Crippen molar-refractivity contribution in [3.8, 4) is 0 Å². The van der Waals surface area contributed by atoms with Crippen molar-refractivity contribution in [2.24, 2.45) is 0 Å². The van der Waals surface area contributed by atoms with Gasteiger partial charge in [0.1, 0.15) is 11.5 Å². The number of nitrogen functional groups attached to an aromatic ring is 1. The molecule has 1 aromatic heterocycles. The van der Waals surface area contributed by atoms with Crippen LogP contribution in [0.25, 0.3) is 0 Å². The summed E-state index contributed by atoms with van der Waals surface area (Å²) in [6, 6.07) is 12.6. The minimum atomic E-state index is -0.399. The molecule has 32 heavy (non-hydrogen) atoms. The van der Waals surface area contributed by atoms with Crippen LogP contribution in [0, 0.1) is 17.0 Å². The number of benzene rings is 2. The zero-order chi connectivity index (χ0) is 22.7. The van der Waals surface area contributed by atoms with Gasteiger partial charge in [0.25, 0.3) is 5.69 Å². The molecule has 1 fully saturated rings. The number of aromatic nitrogens is 3. The van der Waals surface area contributed by atoms with Crippen LogP contribution < -0.4 is 16.0 Å². The number of halogens is 1. The fourth-order valence-corrected chi connectivity index (χ4v) is 3.82. The summed E-state index contributed by atoms with van der Waals surface area (Å²) >= 11 is 5.93. The van der Waals surface area contributed by atoms with Gasteiger partial charge >= 0.3 is 0 Å². The van der Waals surface area contributed by atoms with Gasteiger partial charge in [-0.2, -0.15) is 15.0 Å². The van der Waals surface area contributed by atoms with Gasteiger partial charge in [0, 0.05) is 43.0 Å². The largest absolute Gasteiger partial charge is 0.368 e. The molecule has 10 nitrogen and oxygen atoms in total. The van der Waals surface area contributed by atoms with E-state index >= 15 is 0 Å². The highest BCUT2D eigenvalue weighted by atomic mass is 35.5. The Hall–Kier alpha value is -3.50. The number of para-hydroxylation sites is 1. The van der Waals surface area contributed by atoms with Crippen LogP contribution in [-0.2, 0) is 6.54 Å². The lowest BCUT2D eigenvalue weighted by Crippen LogP contribution is -2.46. The number of anilines is 4. The molecule has 166 valence electrons. The summed E-state index contributed by atoms with van der Waals surface area (Å²) < 4.78 is 0. The highest BCUT2D eigenvalue weighted by molar-refractivity contribution is 6.30. The average Bonchev–Trinajstić information content (AvgIpc) is 2.75. The summed E-state index contributed by atoms with van der Waals surface area (Å²) in [4.78, 5) is 28.2. The van der Waals surface area contributed by atoms with E-state index in [1.807, 2.05) is 36.1 Å². The number of piperazine rings is 1. The SMILES string of the molecule is Cc1ccccc1Nc1nc(N)nc(CN2CCN(c3ccc(Cl)cc3[N+](=O)[O-])CC2)n1. The molecule has 1 saturated heterocycles. The fraction of sp³-hybridized carbons (Fsp3) is 0.286. The number of hydrogen-bond acceptors (Lipinski definition) is 9. The van der Waals surface area contributed by atoms with Gasteiger partial charge in [0.2, 0.25) is 11.9 Å². The third kappa shape index (κ3) is 5.04. The van der Waals surface area contributed by atoms with Crippen molar-refractivity contribution in [2.45, 2.75) is 13.5 Å². The predicted octanol–water partition coefficient (Wildman–Crippen LogP) is 3.39. The number of rotatable bonds is 6. The van der Waals surface area contributed by atoms with Crippen LogP contribution in [0.2, 0.25) is 5.02 Å². The summed E-state index contributed by atoms with van der Waals surface area (Å²) in [6.07, 6.45) is 0. The molecule has 3 aromatic rings. The Balaban J connectivity index is 1.42. The maximum Gasteiger partial charge on any atom is 0.294 e. The Bertz CT molecular complexity index is 1130. The molecule has 0 amide bonds. The number of nitrogens with two attached hydrogens (primary N) is 1. The topological polar surface area (TPSA) is 126 Å². The van der Waals surface area contributed by atoms with Crippen LogP contribution in [0.5, 0.6) is 0 Å². The first-order valence-corrected chi connectivity index (χ1v) is 10.5. The van der Waals surface area contributed by atoms with E-state index in [9.17, 15) is 10.1 Å². The summed E-state index contributed by atoms with van der Waals surface area (Å²) in [5.74, 6) is 1.12. The molecule has 1 aliphatic heterocycles. The van der Waals surface area contributed by atoms with E-state index in [0.717, 1.165) is 11.3 Å². The predicted molar refractivity (Wildman–Crippen MR) is 124 cm³/mol. The molecule has 0 radical (unpaired) electrons. The molecule has 0 unspecified atom stereocenters. The third-order valence-corrected chi connectivity index (χ3v) is 5.54. The maximum absolute atomic E-state index is 11.4. The van der Waals surface area contributed by atoms with Crippen LogP contribution in [-0.4, -0.2) is 51.0 Å². The number of hydrogen-bond donors (Lipinski definition) is 2. The Morgan fingerprint density at radius 3 is 2.59 bits per heavy atom. The molecule has 1 aliphatic rings. The van der Waals surface area contributed by atoms with Crippen molar-refractivity contribution in [3.05, 3.63) is 69.0 Å². The summed E-state index contributed by atoms with van der Waals surface area (Å²) in [5, 5.41) is 15.0. The van der Waals surface area contributed by atoms with Crippen LogP contribution in [0.4, 0.5) is 29.0 Å². The average molecular weight is 455 g/mol. The van der Waals surface area contributed by atoms with Crippen molar-refractivity contribution in [2.75, 3.05) is 42.1 Å². The van der Waals surface area contributed by atoms with Crippen LogP contribution in [0.1, 0.15) is 11.4 Å². The van der Waals surface area contributed by atoms with Gasteiger partial charge in [-0.05, 0) is 30.7 Å². The van der Waals surface area contributed by atoms with Gasteiger partial charge in [-0.25, -0.2) is 0 Å². The molecule has 4 rings (SSSR count). The van der Waals surface area contributed by atoms with E-state index in [4.69, 9.17) is 17.3 Å². The van der Waals surface area contributed by atoms with Gasteiger partial charge in [-0.3, -0.25) is 15.0 Å². The number of nitrogens with zero attached hydrogens (tertiary/aromatic N) is 6. The maximum atomic E-state index is 11.4. The van der Waals surface area contributed by atoms with Gasteiger partial charge in [-0.1, -0.05) is 29.8 Å². The summed E-state index contributed by atoms with van der Waals surface area (Å²) in [5.41, 5.74) is 8.48. The molecular weight excluding hydrogens is 432 g/mol. The lowest BCUT2D eigenvalue weighted by Gasteiger charge is -2.35. The molecule has 2 aromatic carbocycles. The lowest BCUT2D eigenvalue weighted by molar-refractivity contribution is -0.384. The van der Waals surface area contributed by atoms with Crippen LogP contribution >= 0.6 is 11.6 Å². The molecule has 3 N–H and O–H groups in total.